The summed E-state index contributed by atoms with van der Waals surface area (Å²) in [5.74, 6) is -2.80. The second-order valence-corrected chi connectivity index (χ2v) is 9.08. The number of ether oxygens (including phenoxy) is 1. The summed E-state index contributed by atoms with van der Waals surface area (Å²) in [5.41, 5.74) is -0.609. The number of rotatable bonds is 9. The van der Waals surface area contributed by atoms with E-state index in [9.17, 15) is 26.7 Å². The van der Waals surface area contributed by atoms with E-state index in [0.717, 1.165) is 12.8 Å². The molecule has 1 aliphatic heterocycles. The number of Topliss-reactive ketones (excluding diaryl/α,β-unsaturated/α-hetero) is 1. The molecule has 1 aliphatic carbocycles. The zero-order valence-corrected chi connectivity index (χ0v) is 18.1. The number of carbonyl (C=O) groups excluding carboxylic acids is 1. The number of alkyl halides is 5. The Hall–Kier alpha value is -2.63. The first-order valence-electron chi connectivity index (χ1n) is 10.5. The lowest BCUT2D eigenvalue weighted by atomic mass is 9.81. The molecule has 1 atom stereocenters. The molecule has 2 aromatic rings. The van der Waals surface area contributed by atoms with Crippen molar-refractivity contribution in [3.05, 3.63) is 35.2 Å². The highest BCUT2D eigenvalue weighted by Crippen LogP contribution is 2.44. The fourth-order valence-corrected chi connectivity index (χ4v) is 3.99. The van der Waals surface area contributed by atoms with Gasteiger partial charge in [0.25, 0.3) is 5.92 Å². The molecule has 0 bridgehead atoms. The van der Waals surface area contributed by atoms with Crippen LogP contribution in [0, 0.1) is 6.92 Å². The van der Waals surface area contributed by atoms with Crippen molar-refractivity contribution in [3.63, 3.8) is 0 Å². The van der Waals surface area contributed by atoms with Crippen LogP contribution >= 0.6 is 0 Å². The van der Waals surface area contributed by atoms with E-state index in [0.29, 0.717) is 5.56 Å². The molecule has 3 heterocycles. The van der Waals surface area contributed by atoms with Gasteiger partial charge in [0.05, 0.1) is 18.5 Å². The highest BCUT2D eigenvalue weighted by atomic mass is 19.4. The summed E-state index contributed by atoms with van der Waals surface area (Å²) in [5, 5.41) is 3.88. The largest absolute Gasteiger partial charge is 0.484 e. The Morgan fingerprint density at radius 1 is 1.30 bits per heavy atom. The second-order valence-electron chi connectivity index (χ2n) is 9.08. The van der Waals surface area contributed by atoms with Crippen molar-refractivity contribution in [1.82, 2.24) is 20.0 Å². The van der Waals surface area contributed by atoms with E-state index in [2.05, 4.69) is 15.1 Å². The van der Waals surface area contributed by atoms with Crippen molar-refractivity contribution in [2.45, 2.75) is 56.5 Å². The average Bonchev–Trinajstić information content (AvgIpc) is 3.43. The Morgan fingerprint density at radius 3 is 2.55 bits per heavy atom. The Kier molecular flexibility index (Phi) is 5.92. The number of likely N-dealkylation sites (tertiary alicyclic amines) is 1. The van der Waals surface area contributed by atoms with E-state index in [1.165, 1.54) is 17.2 Å². The minimum atomic E-state index is -4.53. The van der Waals surface area contributed by atoms with E-state index in [4.69, 9.17) is 9.26 Å². The van der Waals surface area contributed by atoms with E-state index in [-0.39, 0.29) is 42.0 Å². The molecule has 7 nitrogen and oxygen atoms in total. The molecule has 4 rings (SSSR count). The minimum Gasteiger partial charge on any atom is -0.484 e. The number of ketones is 1. The number of pyridine rings is 1. The number of hydrogen-bond acceptors (Lipinski definition) is 7. The second kappa shape index (κ2) is 8.30. The van der Waals surface area contributed by atoms with Crippen LogP contribution in [0.1, 0.15) is 59.9 Å². The lowest BCUT2D eigenvalue weighted by Crippen LogP contribution is -2.59. The molecule has 1 saturated carbocycles. The summed E-state index contributed by atoms with van der Waals surface area (Å²) in [7, 11) is 0. The van der Waals surface area contributed by atoms with Gasteiger partial charge in [-0.2, -0.15) is 18.2 Å². The van der Waals surface area contributed by atoms with Gasteiger partial charge >= 0.3 is 6.18 Å². The van der Waals surface area contributed by atoms with E-state index in [1.807, 2.05) is 0 Å². The van der Waals surface area contributed by atoms with Crippen molar-refractivity contribution in [1.29, 1.82) is 0 Å². The van der Waals surface area contributed by atoms with Crippen LogP contribution in [-0.4, -0.2) is 64.1 Å². The van der Waals surface area contributed by atoms with Crippen molar-refractivity contribution >= 4 is 5.78 Å². The maximum absolute atomic E-state index is 13.3. The van der Waals surface area contributed by atoms with Gasteiger partial charge in [0.15, 0.2) is 18.2 Å². The molecule has 0 radical (unpaired) electrons. The normalized spacial score (nSPS) is 20.2. The highest BCUT2D eigenvalue weighted by Gasteiger charge is 2.48. The lowest BCUT2D eigenvalue weighted by Gasteiger charge is -2.42. The predicted octanol–water partition coefficient (Wildman–Crippen LogP) is 4.07. The van der Waals surface area contributed by atoms with Gasteiger partial charge in [-0.05, 0) is 18.8 Å². The fraction of sp³-hybridized carbons (Fsp3) is 0.619. The van der Waals surface area contributed by atoms with E-state index >= 15 is 0 Å². The molecule has 2 aliphatic rings. The number of aryl methyl sites for hydroxylation is 1. The Balaban J connectivity index is 1.56. The molecule has 2 fully saturated rings. The minimum absolute atomic E-state index is 0.0207. The molecule has 180 valence electrons. The van der Waals surface area contributed by atoms with E-state index < -0.39 is 43.0 Å². The number of aromatic nitrogens is 3. The van der Waals surface area contributed by atoms with Gasteiger partial charge in [0, 0.05) is 37.7 Å². The summed E-state index contributed by atoms with van der Waals surface area (Å²) in [6, 6.07) is 1.22. The molecule has 0 spiro atoms. The first-order chi connectivity index (χ1) is 15.3. The van der Waals surface area contributed by atoms with Crippen LogP contribution in [0.25, 0.3) is 0 Å². The Bertz CT molecular complexity index is 1030. The Morgan fingerprint density at radius 2 is 2.00 bits per heavy atom. The van der Waals surface area contributed by atoms with Gasteiger partial charge in [0.2, 0.25) is 5.89 Å². The molecule has 1 unspecified atom stereocenters. The summed E-state index contributed by atoms with van der Waals surface area (Å²) in [6.45, 7) is 0.928. The summed E-state index contributed by atoms with van der Waals surface area (Å²) < 4.78 is 74.8. The average molecular weight is 474 g/mol. The first kappa shape index (κ1) is 23.5. The molecular formula is C21H23F5N4O3. The van der Waals surface area contributed by atoms with Crippen LogP contribution in [0.4, 0.5) is 22.0 Å². The quantitative estimate of drug-likeness (QED) is 0.400. The van der Waals surface area contributed by atoms with Crippen molar-refractivity contribution in [2.24, 2.45) is 0 Å². The van der Waals surface area contributed by atoms with Crippen molar-refractivity contribution < 1.29 is 36.0 Å². The van der Waals surface area contributed by atoms with E-state index in [1.54, 1.807) is 13.8 Å². The molecule has 12 heteroatoms. The topological polar surface area (TPSA) is 81.4 Å². The van der Waals surface area contributed by atoms with Crippen LogP contribution < -0.4 is 4.74 Å². The fourth-order valence-electron chi connectivity index (χ4n) is 3.99. The van der Waals surface area contributed by atoms with Gasteiger partial charge in [-0.15, -0.1) is 0 Å². The number of carbonyl (C=O) groups is 1. The Labute approximate surface area is 186 Å². The number of nitrogens with zero attached hydrogens (tertiary/aromatic N) is 4. The van der Waals surface area contributed by atoms with Gasteiger partial charge in [-0.1, -0.05) is 12.1 Å². The van der Waals surface area contributed by atoms with Gasteiger partial charge < -0.3 is 9.26 Å². The zero-order valence-electron chi connectivity index (χ0n) is 18.1. The van der Waals surface area contributed by atoms with Crippen molar-refractivity contribution in [2.75, 3.05) is 26.2 Å². The summed E-state index contributed by atoms with van der Waals surface area (Å²) >= 11 is 0. The standard InChI is InChI=1S/C21H23F5N4O3/c1-12-28-18(29-33-12)19(2,8-30-9-20(22,23)10-30)6-16(31)15-5-17(32-11-21(24,25)26)14(7-27-15)13-3-4-13/h5,7,13H,3-4,6,8-11H2,1-2H3. The monoisotopic (exact) mass is 474 g/mol. The number of hydrogen-bond donors (Lipinski definition) is 0. The lowest BCUT2D eigenvalue weighted by molar-refractivity contribution is -0.153. The molecule has 0 aromatic carbocycles. The smallest absolute Gasteiger partial charge is 0.422 e. The third-order valence-electron chi connectivity index (χ3n) is 5.69. The predicted molar refractivity (Wildman–Crippen MR) is 104 cm³/mol. The highest BCUT2D eigenvalue weighted by molar-refractivity contribution is 5.95. The molecule has 2 aromatic heterocycles. The maximum Gasteiger partial charge on any atom is 0.422 e. The van der Waals surface area contributed by atoms with Crippen LogP contribution in [-0.2, 0) is 5.41 Å². The third-order valence-corrected chi connectivity index (χ3v) is 5.69. The van der Waals surface area contributed by atoms with Crippen molar-refractivity contribution in [3.8, 4) is 5.75 Å². The van der Waals surface area contributed by atoms with Gasteiger partial charge in [0.1, 0.15) is 11.4 Å². The molecular weight excluding hydrogens is 451 g/mol. The zero-order chi connectivity index (χ0) is 24.0. The third kappa shape index (κ3) is 5.66. The summed E-state index contributed by atoms with van der Waals surface area (Å²) in [4.78, 5) is 22.9. The van der Waals surface area contributed by atoms with Crippen LogP contribution in [0.3, 0.4) is 0 Å². The molecule has 1 saturated heterocycles. The molecule has 0 N–H and O–H groups in total. The molecule has 0 amide bonds. The van der Waals surface area contributed by atoms with Gasteiger partial charge in [-0.3, -0.25) is 14.7 Å². The maximum atomic E-state index is 13.3. The SMILES string of the molecule is Cc1nc(C(C)(CC(=O)c2cc(OCC(F)(F)F)c(C3CC3)cn2)CN2CC(F)(F)C2)no1. The summed E-state index contributed by atoms with van der Waals surface area (Å²) in [6.07, 6.45) is -1.73. The molecule has 33 heavy (non-hydrogen) atoms. The van der Waals surface area contributed by atoms with Gasteiger partial charge in [-0.25, -0.2) is 8.78 Å². The van der Waals surface area contributed by atoms with Crippen LogP contribution in [0.2, 0.25) is 0 Å². The number of halogens is 5. The first-order valence-corrected chi connectivity index (χ1v) is 10.5. The van der Waals surface area contributed by atoms with Crippen LogP contribution in [0.15, 0.2) is 16.8 Å². The van der Waals surface area contributed by atoms with Crippen LogP contribution in [0.5, 0.6) is 5.75 Å².